The molecule has 1 aliphatic heterocycles. The molecule has 7 heteroatoms. The second kappa shape index (κ2) is 5.83. The van der Waals surface area contributed by atoms with Crippen LogP contribution in [0, 0.1) is 19.8 Å². The molecule has 1 fully saturated rings. The summed E-state index contributed by atoms with van der Waals surface area (Å²) in [6, 6.07) is 0. The number of carboxylic acid groups (broad SMARTS) is 1. The van der Waals surface area contributed by atoms with Gasteiger partial charge in [0.15, 0.2) is 0 Å². The van der Waals surface area contributed by atoms with Crippen LogP contribution in [0.25, 0.3) is 0 Å². The zero-order valence-electron chi connectivity index (χ0n) is 11.6. The first kappa shape index (κ1) is 14.8. The van der Waals surface area contributed by atoms with E-state index in [0.717, 1.165) is 12.1 Å². The van der Waals surface area contributed by atoms with Gasteiger partial charge in [-0.05, 0) is 26.7 Å². The lowest BCUT2D eigenvalue weighted by molar-refractivity contribution is -0.145. The van der Waals surface area contributed by atoms with E-state index in [1.165, 1.54) is 0 Å². The highest BCUT2D eigenvalue weighted by Gasteiger charge is 2.28. The molecule has 20 heavy (non-hydrogen) atoms. The van der Waals surface area contributed by atoms with Gasteiger partial charge in [0.1, 0.15) is 6.54 Å². The van der Waals surface area contributed by atoms with E-state index >= 15 is 0 Å². The molecule has 0 bridgehead atoms. The molecule has 0 radical (unpaired) electrons. The van der Waals surface area contributed by atoms with Gasteiger partial charge in [0.25, 0.3) is 0 Å². The Hall–Kier alpha value is -1.56. The van der Waals surface area contributed by atoms with Crippen LogP contribution in [-0.4, -0.2) is 44.8 Å². The molecule has 1 amide bonds. The fraction of sp³-hybridized carbons (Fsp3) is 0.615. The molecule has 2 heterocycles. The number of aliphatic carboxylic acids is 1. The molecule has 1 N–H and O–H groups in total. The van der Waals surface area contributed by atoms with E-state index in [9.17, 15) is 9.59 Å². The molecule has 0 spiro atoms. The van der Waals surface area contributed by atoms with Gasteiger partial charge in [0.2, 0.25) is 5.91 Å². The van der Waals surface area contributed by atoms with Crippen LogP contribution in [0.5, 0.6) is 0 Å². The number of nitrogens with zero attached hydrogens (tertiary/aromatic N) is 3. The molecule has 1 unspecified atom stereocenters. The number of rotatable bonds is 3. The molecule has 2 rings (SSSR count). The number of carbonyl (C=O) groups excluding carboxylic acids is 1. The van der Waals surface area contributed by atoms with Crippen LogP contribution in [-0.2, 0) is 16.1 Å². The average Bonchev–Trinajstić information content (AvgIpc) is 2.66. The van der Waals surface area contributed by atoms with Gasteiger partial charge in [-0.15, -0.1) is 0 Å². The SMILES string of the molecule is Cc1nn(CC(=O)N2CCCC(C(=O)O)C2)c(C)c1Cl. The van der Waals surface area contributed by atoms with Crippen molar-refractivity contribution < 1.29 is 14.7 Å². The van der Waals surface area contributed by atoms with Crippen molar-refractivity contribution in [3.8, 4) is 0 Å². The number of carboxylic acids is 1. The molecule has 0 aromatic carbocycles. The Labute approximate surface area is 122 Å². The van der Waals surface area contributed by atoms with Crippen LogP contribution in [0.3, 0.4) is 0 Å². The quantitative estimate of drug-likeness (QED) is 0.917. The summed E-state index contributed by atoms with van der Waals surface area (Å²) in [4.78, 5) is 24.9. The number of likely N-dealkylation sites (tertiary alicyclic amines) is 1. The highest BCUT2D eigenvalue weighted by molar-refractivity contribution is 6.31. The second-order valence-corrected chi connectivity index (χ2v) is 5.54. The zero-order chi connectivity index (χ0) is 14.9. The summed E-state index contributed by atoms with van der Waals surface area (Å²) in [5.74, 6) is -1.41. The summed E-state index contributed by atoms with van der Waals surface area (Å²) >= 11 is 6.05. The normalized spacial score (nSPS) is 19.1. The number of amides is 1. The summed E-state index contributed by atoms with van der Waals surface area (Å²) in [6.45, 7) is 4.59. The standard InChI is InChI=1S/C13H18ClN3O3/c1-8-12(14)9(2)17(15-8)7-11(18)16-5-3-4-10(6-16)13(19)20/h10H,3-7H2,1-2H3,(H,19,20). The maximum absolute atomic E-state index is 12.2. The minimum atomic E-state index is -0.836. The van der Waals surface area contributed by atoms with Gasteiger partial charge in [-0.3, -0.25) is 14.3 Å². The van der Waals surface area contributed by atoms with Crippen molar-refractivity contribution >= 4 is 23.5 Å². The highest BCUT2D eigenvalue weighted by Crippen LogP contribution is 2.20. The Bertz CT molecular complexity index is 541. The minimum Gasteiger partial charge on any atom is -0.481 e. The number of piperidine rings is 1. The van der Waals surface area contributed by atoms with Crippen molar-refractivity contribution in [2.75, 3.05) is 13.1 Å². The fourth-order valence-corrected chi connectivity index (χ4v) is 2.60. The number of halogens is 1. The van der Waals surface area contributed by atoms with Crippen molar-refractivity contribution in [2.24, 2.45) is 5.92 Å². The Morgan fingerprint density at radius 3 is 2.70 bits per heavy atom. The highest BCUT2D eigenvalue weighted by atomic mass is 35.5. The lowest BCUT2D eigenvalue weighted by Crippen LogP contribution is -2.43. The summed E-state index contributed by atoms with van der Waals surface area (Å²) in [6.07, 6.45) is 1.35. The number of carbonyl (C=O) groups is 2. The van der Waals surface area contributed by atoms with E-state index in [0.29, 0.717) is 23.7 Å². The number of aryl methyl sites for hydroxylation is 1. The Morgan fingerprint density at radius 2 is 2.15 bits per heavy atom. The van der Waals surface area contributed by atoms with E-state index in [1.807, 2.05) is 6.92 Å². The van der Waals surface area contributed by atoms with Gasteiger partial charge in [-0.25, -0.2) is 0 Å². The molecule has 1 atom stereocenters. The van der Waals surface area contributed by atoms with Crippen LogP contribution in [0.2, 0.25) is 5.02 Å². The van der Waals surface area contributed by atoms with Gasteiger partial charge in [0, 0.05) is 13.1 Å². The molecular weight excluding hydrogens is 282 g/mol. The lowest BCUT2D eigenvalue weighted by atomic mass is 9.98. The van der Waals surface area contributed by atoms with Crippen LogP contribution >= 0.6 is 11.6 Å². The lowest BCUT2D eigenvalue weighted by Gasteiger charge is -2.30. The second-order valence-electron chi connectivity index (χ2n) is 5.16. The largest absolute Gasteiger partial charge is 0.481 e. The summed E-state index contributed by atoms with van der Waals surface area (Å²) in [5.41, 5.74) is 1.45. The third-order valence-corrected chi connectivity index (χ3v) is 4.25. The first-order chi connectivity index (χ1) is 9.40. The first-order valence-corrected chi connectivity index (χ1v) is 6.98. The maximum atomic E-state index is 12.2. The third kappa shape index (κ3) is 2.95. The predicted octanol–water partition coefficient (Wildman–Crippen LogP) is 1.48. The molecule has 1 aromatic rings. The van der Waals surface area contributed by atoms with Crippen molar-refractivity contribution in [1.82, 2.24) is 14.7 Å². The number of aromatic nitrogens is 2. The van der Waals surface area contributed by atoms with Crippen LogP contribution in [0.1, 0.15) is 24.2 Å². The van der Waals surface area contributed by atoms with Gasteiger partial charge < -0.3 is 10.0 Å². The molecule has 6 nitrogen and oxygen atoms in total. The van der Waals surface area contributed by atoms with Gasteiger partial charge in [-0.1, -0.05) is 11.6 Å². The summed E-state index contributed by atoms with van der Waals surface area (Å²) in [5, 5.41) is 13.8. The Balaban J connectivity index is 2.04. The van der Waals surface area contributed by atoms with Crippen molar-refractivity contribution in [3.63, 3.8) is 0 Å². The minimum absolute atomic E-state index is 0.103. The summed E-state index contributed by atoms with van der Waals surface area (Å²) in [7, 11) is 0. The Morgan fingerprint density at radius 1 is 1.45 bits per heavy atom. The van der Waals surface area contributed by atoms with Crippen molar-refractivity contribution in [3.05, 3.63) is 16.4 Å². The van der Waals surface area contributed by atoms with E-state index in [4.69, 9.17) is 16.7 Å². The smallest absolute Gasteiger partial charge is 0.308 e. The van der Waals surface area contributed by atoms with Gasteiger partial charge >= 0.3 is 5.97 Å². The van der Waals surface area contributed by atoms with Crippen molar-refractivity contribution in [1.29, 1.82) is 0 Å². The van der Waals surface area contributed by atoms with E-state index in [1.54, 1.807) is 16.5 Å². The number of hydrogen-bond acceptors (Lipinski definition) is 3. The molecular formula is C13H18ClN3O3. The average molecular weight is 300 g/mol. The summed E-state index contributed by atoms with van der Waals surface area (Å²) < 4.78 is 1.57. The topological polar surface area (TPSA) is 75.4 Å². The van der Waals surface area contributed by atoms with E-state index in [-0.39, 0.29) is 19.0 Å². The van der Waals surface area contributed by atoms with Crippen LogP contribution < -0.4 is 0 Å². The molecule has 1 saturated heterocycles. The van der Waals surface area contributed by atoms with E-state index < -0.39 is 11.9 Å². The molecule has 0 aliphatic carbocycles. The number of hydrogen-bond donors (Lipinski definition) is 1. The zero-order valence-corrected chi connectivity index (χ0v) is 12.4. The van der Waals surface area contributed by atoms with Crippen LogP contribution in [0.15, 0.2) is 0 Å². The molecule has 0 saturated carbocycles. The van der Waals surface area contributed by atoms with Gasteiger partial charge in [0.05, 0.1) is 22.3 Å². The monoisotopic (exact) mass is 299 g/mol. The fourth-order valence-electron chi connectivity index (χ4n) is 2.46. The first-order valence-electron chi connectivity index (χ1n) is 6.60. The van der Waals surface area contributed by atoms with Gasteiger partial charge in [-0.2, -0.15) is 5.10 Å². The molecule has 1 aliphatic rings. The third-order valence-electron chi connectivity index (χ3n) is 3.70. The van der Waals surface area contributed by atoms with Crippen LogP contribution in [0.4, 0.5) is 0 Å². The molecule has 1 aromatic heterocycles. The molecule has 110 valence electrons. The Kier molecular flexibility index (Phi) is 4.32. The van der Waals surface area contributed by atoms with Crippen molar-refractivity contribution in [2.45, 2.75) is 33.2 Å². The maximum Gasteiger partial charge on any atom is 0.308 e. The van der Waals surface area contributed by atoms with E-state index in [2.05, 4.69) is 5.10 Å². The predicted molar refractivity (Wildman–Crippen MR) is 73.7 cm³/mol.